The van der Waals surface area contributed by atoms with Gasteiger partial charge >= 0.3 is 0 Å². The molecular weight excluding hydrogens is 390 g/mol. The van der Waals surface area contributed by atoms with E-state index in [0.717, 1.165) is 36.5 Å². The molecule has 0 radical (unpaired) electrons. The lowest BCUT2D eigenvalue weighted by Crippen LogP contribution is -2.53. The summed E-state index contributed by atoms with van der Waals surface area (Å²) in [6.45, 7) is 9.85. The Kier molecular flexibility index (Phi) is 6.20. The Labute approximate surface area is 184 Å². The first-order valence-corrected chi connectivity index (χ1v) is 11.1. The number of amides is 2. The number of hydrogen-bond donors (Lipinski definition) is 0. The van der Waals surface area contributed by atoms with E-state index in [1.165, 1.54) is 11.1 Å². The fourth-order valence-corrected chi connectivity index (χ4v) is 4.44. The minimum atomic E-state index is -0.0288. The van der Waals surface area contributed by atoms with Crippen molar-refractivity contribution in [1.82, 2.24) is 20.0 Å². The van der Waals surface area contributed by atoms with Crippen LogP contribution in [0.25, 0.3) is 11.3 Å². The topological polar surface area (TPSA) is 69.6 Å². The Morgan fingerprint density at radius 1 is 0.903 bits per heavy atom. The van der Waals surface area contributed by atoms with Crippen LogP contribution in [0.3, 0.4) is 0 Å². The molecule has 2 amide bonds. The van der Waals surface area contributed by atoms with Crippen LogP contribution in [-0.2, 0) is 9.59 Å². The summed E-state index contributed by atoms with van der Waals surface area (Å²) in [5.74, 6) is 1.08. The molecule has 0 aliphatic carbocycles. The van der Waals surface area contributed by atoms with Gasteiger partial charge in [-0.05, 0) is 56.0 Å². The maximum absolute atomic E-state index is 13.1. The van der Waals surface area contributed by atoms with Gasteiger partial charge in [0.15, 0.2) is 5.82 Å². The van der Waals surface area contributed by atoms with Crippen LogP contribution in [0.2, 0.25) is 0 Å². The van der Waals surface area contributed by atoms with E-state index in [4.69, 9.17) is 0 Å². The van der Waals surface area contributed by atoms with Gasteiger partial charge in [0.05, 0.1) is 11.6 Å². The van der Waals surface area contributed by atoms with Gasteiger partial charge in [0.2, 0.25) is 11.8 Å². The fraction of sp³-hybridized carbons (Fsp3) is 0.500. The number of carbonyl (C=O) groups is 2. The smallest absolute Gasteiger partial charge is 0.227 e. The number of carbonyl (C=O) groups excluding carboxylic acids is 2. The van der Waals surface area contributed by atoms with Gasteiger partial charge in [-0.15, -0.1) is 10.2 Å². The summed E-state index contributed by atoms with van der Waals surface area (Å²) in [5, 5.41) is 8.93. The Balaban J connectivity index is 1.39. The van der Waals surface area contributed by atoms with E-state index in [2.05, 4.69) is 47.1 Å². The predicted molar refractivity (Wildman–Crippen MR) is 121 cm³/mol. The van der Waals surface area contributed by atoms with Crippen molar-refractivity contribution in [3.8, 4) is 11.3 Å². The molecule has 1 aromatic heterocycles. The van der Waals surface area contributed by atoms with E-state index in [9.17, 15) is 9.59 Å². The summed E-state index contributed by atoms with van der Waals surface area (Å²) in [4.78, 5) is 30.5. The molecule has 2 aliphatic heterocycles. The first kappa shape index (κ1) is 21.3. The molecule has 2 aliphatic rings. The van der Waals surface area contributed by atoms with Crippen LogP contribution in [0.4, 0.5) is 5.82 Å². The highest BCUT2D eigenvalue weighted by Gasteiger charge is 2.32. The van der Waals surface area contributed by atoms with E-state index in [0.29, 0.717) is 32.7 Å². The standard InChI is InChI=1S/C24H31N5O2/c1-17-6-7-20(15-18(17)2)22-8-9-23(26-25-22)29-10-4-5-21(16-29)24(31)28-13-11-27(12-14-28)19(3)30/h6-9,15,21H,4-5,10-14,16H2,1-3H3. The molecule has 0 N–H and O–H groups in total. The lowest BCUT2D eigenvalue weighted by molar-refractivity contribution is -0.141. The number of nitrogens with zero attached hydrogens (tertiary/aromatic N) is 5. The molecule has 1 unspecified atom stereocenters. The lowest BCUT2D eigenvalue weighted by Gasteiger charge is -2.39. The highest BCUT2D eigenvalue weighted by Crippen LogP contribution is 2.25. The zero-order chi connectivity index (χ0) is 22.0. The normalized spacial score (nSPS) is 19.5. The van der Waals surface area contributed by atoms with Crippen molar-refractivity contribution in [1.29, 1.82) is 0 Å². The van der Waals surface area contributed by atoms with E-state index < -0.39 is 0 Å². The number of benzene rings is 1. The summed E-state index contributed by atoms with van der Waals surface area (Å²) >= 11 is 0. The van der Waals surface area contributed by atoms with Crippen molar-refractivity contribution in [2.75, 3.05) is 44.2 Å². The number of anilines is 1. The zero-order valence-corrected chi connectivity index (χ0v) is 18.7. The van der Waals surface area contributed by atoms with Crippen LogP contribution in [0.5, 0.6) is 0 Å². The Morgan fingerprint density at radius 3 is 2.29 bits per heavy atom. The van der Waals surface area contributed by atoms with Crippen LogP contribution in [0.1, 0.15) is 30.9 Å². The van der Waals surface area contributed by atoms with Crippen LogP contribution >= 0.6 is 0 Å². The SMILES string of the molecule is CC(=O)N1CCN(C(=O)C2CCCN(c3ccc(-c4ccc(C)c(C)c4)nn3)C2)CC1. The van der Waals surface area contributed by atoms with Crippen molar-refractivity contribution in [3.05, 3.63) is 41.5 Å². The van der Waals surface area contributed by atoms with Gasteiger partial charge in [-0.1, -0.05) is 12.1 Å². The molecule has 7 heteroatoms. The molecule has 7 nitrogen and oxygen atoms in total. The van der Waals surface area contributed by atoms with Crippen LogP contribution in [0.15, 0.2) is 30.3 Å². The monoisotopic (exact) mass is 421 g/mol. The van der Waals surface area contributed by atoms with E-state index in [-0.39, 0.29) is 17.7 Å². The molecule has 0 saturated carbocycles. The predicted octanol–water partition coefficient (Wildman–Crippen LogP) is 2.67. The third-order valence-electron chi connectivity index (χ3n) is 6.58. The summed E-state index contributed by atoms with van der Waals surface area (Å²) < 4.78 is 0. The highest BCUT2D eigenvalue weighted by molar-refractivity contribution is 5.80. The quantitative estimate of drug-likeness (QED) is 0.762. The Bertz CT molecular complexity index is 951. The first-order chi connectivity index (χ1) is 14.9. The van der Waals surface area contributed by atoms with Gasteiger partial charge in [-0.3, -0.25) is 9.59 Å². The molecule has 2 aromatic rings. The summed E-state index contributed by atoms with van der Waals surface area (Å²) in [6, 6.07) is 10.3. The van der Waals surface area contributed by atoms with Gasteiger partial charge in [0.25, 0.3) is 0 Å². The number of hydrogen-bond acceptors (Lipinski definition) is 5. The second-order valence-electron chi connectivity index (χ2n) is 8.69. The van der Waals surface area contributed by atoms with Crippen LogP contribution in [-0.4, -0.2) is 71.1 Å². The van der Waals surface area contributed by atoms with Gasteiger partial charge < -0.3 is 14.7 Å². The average Bonchev–Trinajstić information content (AvgIpc) is 2.80. The third kappa shape index (κ3) is 4.70. The number of aryl methyl sites for hydroxylation is 2. The molecule has 1 aromatic carbocycles. The van der Waals surface area contributed by atoms with E-state index in [1.54, 1.807) is 6.92 Å². The molecule has 0 bridgehead atoms. The van der Waals surface area contributed by atoms with Gasteiger partial charge in [-0.2, -0.15) is 0 Å². The maximum atomic E-state index is 13.1. The summed E-state index contributed by atoms with van der Waals surface area (Å²) in [5.41, 5.74) is 4.43. The summed E-state index contributed by atoms with van der Waals surface area (Å²) in [7, 11) is 0. The number of piperidine rings is 1. The van der Waals surface area contributed by atoms with Gasteiger partial charge in [0.1, 0.15) is 0 Å². The van der Waals surface area contributed by atoms with Crippen molar-refractivity contribution < 1.29 is 9.59 Å². The second kappa shape index (κ2) is 9.04. The first-order valence-electron chi connectivity index (χ1n) is 11.1. The minimum absolute atomic E-state index is 0.0288. The van der Waals surface area contributed by atoms with Crippen molar-refractivity contribution in [2.45, 2.75) is 33.6 Å². The van der Waals surface area contributed by atoms with Crippen molar-refractivity contribution in [2.24, 2.45) is 5.92 Å². The van der Waals surface area contributed by atoms with Gasteiger partial charge in [0, 0.05) is 51.8 Å². The largest absolute Gasteiger partial charge is 0.354 e. The molecule has 3 heterocycles. The third-order valence-corrected chi connectivity index (χ3v) is 6.58. The number of rotatable bonds is 3. The van der Waals surface area contributed by atoms with Crippen LogP contribution in [0, 0.1) is 19.8 Å². The molecule has 1 atom stereocenters. The zero-order valence-electron chi connectivity index (χ0n) is 18.7. The Hall–Kier alpha value is -2.96. The number of aromatic nitrogens is 2. The maximum Gasteiger partial charge on any atom is 0.227 e. The van der Waals surface area contributed by atoms with E-state index >= 15 is 0 Å². The lowest BCUT2D eigenvalue weighted by atomic mass is 9.96. The molecule has 164 valence electrons. The van der Waals surface area contributed by atoms with Gasteiger partial charge in [-0.25, -0.2) is 0 Å². The molecule has 4 rings (SSSR count). The molecule has 2 saturated heterocycles. The fourth-order valence-electron chi connectivity index (χ4n) is 4.44. The molecular formula is C24H31N5O2. The molecule has 31 heavy (non-hydrogen) atoms. The Morgan fingerprint density at radius 2 is 1.65 bits per heavy atom. The van der Waals surface area contributed by atoms with E-state index in [1.807, 2.05) is 21.9 Å². The van der Waals surface area contributed by atoms with Crippen LogP contribution < -0.4 is 4.90 Å². The summed E-state index contributed by atoms with van der Waals surface area (Å²) in [6.07, 6.45) is 1.86. The van der Waals surface area contributed by atoms with Crippen molar-refractivity contribution in [3.63, 3.8) is 0 Å². The second-order valence-corrected chi connectivity index (χ2v) is 8.69. The highest BCUT2D eigenvalue weighted by atomic mass is 16.2. The van der Waals surface area contributed by atoms with Crippen molar-refractivity contribution >= 4 is 17.6 Å². The molecule has 2 fully saturated rings. The average molecular weight is 422 g/mol. The minimum Gasteiger partial charge on any atom is -0.354 e. The number of piperazine rings is 1. The molecule has 0 spiro atoms.